The molecule has 0 bridgehead atoms. The lowest BCUT2D eigenvalue weighted by Crippen LogP contribution is -2.44. The Hall–Kier alpha value is -1.10. The molecule has 1 unspecified atom stereocenters. The third-order valence-corrected chi connectivity index (χ3v) is 3.94. The lowest BCUT2D eigenvalue weighted by Gasteiger charge is -2.22. The van der Waals surface area contributed by atoms with E-state index < -0.39 is 5.54 Å². The van der Waals surface area contributed by atoms with Crippen LogP contribution in [0.4, 0.5) is 4.79 Å². The Labute approximate surface area is 108 Å². The molecule has 3 amide bonds. The van der Waals surface area contributed by atoms with Crippen molar-refractivity contribution in [3.63, 3.8) is 0 Å². The van der Waals surface area contributed by atoms with Gasteiger partial charge in [-0.2, -0.15) is 0 Å². The Kier molecular flexibility index (Phi) is 3.90. The lowest BCUT2D eigenvalue weighted by atomic mass is 9.98. The number of amides is 3. The largest absolute Gasteiger partial charge is 0.325 e. The molecule has 2 aliphatic rings. The molecule has 1 saturated carbocycles. The molecule has 2 rings (SSSR count). The second-order valence-corrected chi connectivity index (χ2v) is 5.55. The van der Waals surface area contributed by atoms with Crippen LogP contribution in [0.2, 0.25) is 0 Å². The van der Waals surface area contributed by atoms with E-state index in [1.807, 2.05) is 6.92 Å². The molecular weight excluding hydrogens is 230 g/mol. The summed E-state index contributed by atoms with van der Waals surface area (Å²) in [6.45, 7) is 6.37. The average Bonchev–Trinajstić information content (AvgIpc) is 2.89. The molecule has 1 atom stereocenters. The van der Waals surface area contributed by atoms with Gasteiger partial charge in [-0.15, -0.1) is 0 Å². The van der Waals surface area contributed by atoms with Crippen LogP contribution in [-0.2, 0) is 4.79 Å². The molecule has 5 nitrogen and oxygen atoms in total. The standard InChI is InChI=1S/C13H23N3O2/c1-3-14-8-10(2)9-16-11(17)13(15-12(16)18)6-4-5-7-13/h10,14H,3-9H2,1-2H3,(H,15,18). The maximum absolute atomic E-state index is 12.4. The number of carbonyl (C=O) groups excluding carboxylic acids is 2. The van der Waals surface area contributed by atoms with Crippen LogP contribution < -0.4 is 10.6 Å². The Morgan fingerprint density at radius 1 is 1.39 bits per heavy atom. The van der Waals surface area contributed by atoms with Crippen molar-refractivity contribution in [2.75, 3.05) is 19.6 Å². The van der Waals surface area contributed by atoms with E-state index in [1.54, 1.807) is 0 Å². The summed E-state index contributed by atoms with van der Waals surface area (Å²) in [6, 6.07) is -0.203. The molecule has 1 saturated heterocycles. The van der Waals surface area contributed by atoms with E-state index in [1.165, 1.54) is 4.90 Å². The summed E-state index contributed by atoms with van der Waals surface area (Å²) in [6.07, 6.45) is 3.67. The predicted octanol–water partition coefficient (Wildman–Crippen LogP) is 1.10. The minimum atomic E-state index is -0.561. The van der Waals surface area contributed by atoms with Gasteiger partial charge in [0.25, 0.3) is 5.91 Å². The van der Waals surface area contributed by atoms with E-state index in [9.17, 15) is 9.59 Å². The quantitative estimate of drug-likeness (QED) is 0.721. The van der Waals surface area contributed by atoms with Gasteiger partial charge in [0.05, 0.1) is 0 Å². The first-order chi connectivity index (χ1) is 8.59. The number of hydrogen-bond acceptors (Lipinski definition) is 3. The highest BCUT2D eigenvalue weighted by molar-refractivity contribution is 6.07. The zero-order chi connectivity index (χ0) is 13.2. The van der Waals surface area contributed by atoms with E-state index in [0.29, 0.717) is 6.54 Å². The molecule has 0 aromatic carbocycles. The normalized spacial score (nSPS) is 23.8. The van der Waals surface area contributed by atoms with Crippen LogP contribution >= 0.6 is 0 Å². The van der Waals surface area contributed by atoms with Crippen LogP contribution in [0.5, 0.6) is 0 Å². The number of nitrogens with zero attached hydrogens (tertiary/aromatic N) is 1. The van der Waals surface area contributed by atoms with E-state index in [0.717, 1.165) is 38.8 Å². The minimum absolute atomic E-state index is 0.00616. The summed E-state index contributed by atoms with van der Waals surface area (Å²) in [5.41, 5.74) is -0.561. The summed E-state index contributed by atoms with van der Waals surface area (Å²) in [7, 11) is 0. The van der Waals surface area contributed by atoms with Crippen LogP contribution in [0.25, 0.3) is 0 Å². The molecule has 2 N–H and O–H groups in total. The SMILES string of the molecule is CCNCC(C)CN1C(=O)NC2(CCCC2)C1=O. The number of nitrogens with one attached hydrogen (secondary N) is 2. The van der Waals surface area contributed by atoms with Gasteiger partial charge >= 0.3 is 6.03 Å². The van der Waals surface area contributed by atoms with Crippen LogP contribution in [0.1, 0.15) is 39.5 Å². The highest BCUT2D eigenvalue weighted by atomic mass is 16.2. The third kappa shape index (κ3) is 2.36. The second-order valence-electron chi connectivity index (χ2n) is 5.55. The zero-order valence-corrected chi connectivity index (χ0v) is 11.3. The molecule has 0 aromatic heterocycles. The topological polar surface area (TPSA) is 61.4 Å². The Morgan fingerprint density at radius 2 is 2.06 bits per heavy atom. The Morgan fingerprint density at radius 3 is 2.67 bits per heavy atom. The molecular formula is C13H23N3O2. The molecule has 1 aliphatic carbocycles. The summed E-state index contributed by atoms with van der Waals surface area (Å²) < 4.78 is 0. The average molecular weight is 253 g/mol. The molecule has 1 aliphatic heterocycles. The van der Waals surface area contributed by atoms with Gasteiger partial charge in [0.2, 0.25) is 0 Å². The highest BCUT2D eigenvalue weighted by Gasteiger charge is 2.52. The molecule has 1 spiro atoms. The van der Waals surface area contributed by atoms with Crippen LogP contribution in [0.15, 0.2) is 0 Å². The molecule has 1 heterocycles. The molecule has 0 aromatic rings. The van der Waals surface area contributed by atoms with Crippen LogP contribution in [0.3, 0.4) is 0 Å². The van der Waals surface area contributed by atoms with Crippen molar-refractivity contribution in [3.05, 3.63) is 0 Å². The fourth-order valence-electron chi connectivity index (χ4n) is 2.93. The maximum Gasteiger partial charge on any atom is 0.325 e. The third-order valence-electron chi connectivity index (χ3n) is 3.94. The van der Waals surface area contributed by atoms with Gasteiger partial charge in [-0.05, 0) is 31.8 Å². The summed E-state index contributed by atoms with van der Waals surface area (Å²) >= 11 is 0. The molecule has 0 radical (unpaired) electrons. The van der Waals surface area contributed by atoms with E-state index in [4.69, 9.17) is 0 Å². The number of urea groups is 1. The van der Waals surface area contributed by atoms with Gasteiger partial charge in [0, 0.05) is 6.54 Å². The van der Waals surface area contributed by atoms with E-state index >= 15 is 0 Å². The van der Waals surface area contributed by atoms with Gasteiger partial charge in [-0.25, -0.2) is 4.79 Å². The van der Waals surface area contributed by atoms with Crippen molar-refractivity contribution < 1.29 is 9.59 Å². The van der Waals surface area contributed by atoms with Crippen molar-refractivity contribution in [2.24, 2.45) is 5.92 Å². The molecule has 18 heavy (non-hydrogen) atoms. The number of imide groups is 1. The number of carbonyl (C=O) groups is 2. The van der Waals surface area contributed by atoms with Crippen molar-refractivity contribution in [1.82, 2.24) is 15.5 Å². The molecule has 5 heteroatoms. The monoisotopic (exact) mass is 253 g/mol. The fourth-order valence-corrected chi connectivity index (χ4v) is 2.93. The predicted molar refractivity (Wildman–Crippen MR) is 69.2 cm³/mol. The molecule has 102 valence electrons. The highest BCUT2D eigenvalue weighted by Crippen LogP contribution is 2.35. The van der Waals surface area contributed by atoms with Gasteiger partial charge in [-0.3, -0.25) is 9.69 Å². The maximum atomic E-state index is 12.4. The van der Waals surface area contributed by atoms with Crippen molar-refractivity contribution >= 4 is 11.9 Å². The second kappa shape index (κ2) is 5.26. The van der Waals surface area contributed by atoms with Crippen molar-refractivity contribution in [2.45, 2.75) is 45.1 Å². The van der Waals surface area contributed by atoms with Gasteiger partial charge < -0.3 is 10.6 Å². The summed E-state index contributed by atoms with van der Waals surface area (Å²) in [5, 5.41) is 6.15. The summed E-state index contributed by atoms with van der Waals surface area (Å²) in [4.78, 5) is 25.7. The first-order valence-corrected chi connectivity index (χ1v) is 6.94. The lowest BCUT2D eigenvalue weighted by molar-refractivity contribution is -0.131. The first-order valence-electron chi connectivity index (χ1n) is 6.94. The Balaban J connectivity index is 1.97. The van der Waals surface area contributed by atoms with Gasteiger partial charge in [0.15, 0.2) is 0 Å². The molecule has 2 fully saturated rings. The van der Waals surface area contributed by atoms with E-state index in [2.05, 4.69) is 17.6 Å². The first kappa shape index (κ1) is 13.3. The zero-order valence-electron chi connectivity index (χ0n) is 11.3. The Bertz CT molecular complexity index is 337. The van der Waals surface area contributed by atoms with Gasteiger partial charge in [0.1, 0.15) is 5.54 Å². The minimum Gasteiger partial charge on any atom is -0.323 e. The fraction of sp³-hybridized carbons (Fsp3) is 0.846. The number of hydrogen-bond donors (Lipinski definition) is 2. The number of rotatable bonds is 5. The van der Waals surface area contributed by atoms with Crippen LogP contribution in [-0.4, -0.2) is 42.0 Å². The van der Waals surface area contributed by atoms with Crippen LogP contribution in [0, 0.1) is 5.92 Å². The van der Waals surface area contributed by atoms with Crippen molar-refractivity contribution in [1.29, 1.82) is 0 Å². The van der Waals surface area contributed by atoms with Crippen molar-refractivity contribution in [3.8, 4) is 0 Å². The smallest absolute Gasteiger partial charge is 0.323 e. The summed E-state index contributed by atoms with van der Waals surface area (Å²) in [5.74, 6) is 0.282. The van der Waals surface area contributed by atoms with E-state index in [-0.39, 0.29) is 17.9 Å². The van der Waals surface area contributed by atoms with Gasteiger partial charge in [-0.1, -0.05) is 26.7 Å².